The predicted molar refractivity (Wildman–Crippen MR) is 62.3 cm³/mol. The van der Waals surface area contributed by atoms with E-state index in [2.05, 4.69) is 34.2 Å². The summed E-state index contributed by atoms with van der Waals surface area (Å²) in [4.78, 5) is 0. The fourth-order valence-corrected chi connectivity index (χ4v) is 1.66. The topological polar surface area (TPSA) is 35.8 Å². The van der Waals surface area contributed by atoms with Gasteiger partial charge in [-0.1, -0.05) is 29.3 Å². The second-order valence-electron chi connectivity index (χ2n) is 3.12. The molecule has 0 saturated heterocycles. The van der Waals surface area contributed by atoms with Crippen molar-refractivity contribution in [1.29, 1.82) is 5.26 Å². The van der Waals surface area contributed by atoms with E-state index >= 15 is 0 Å². The molecule has 1 aromatic rings. The van der Waals surface area contributed by atoms with E-state index in [1.807, 2.05) is 18.2 Å². The Labute approximate surface area is 93.1 Å². The second kappa shape index (κ2) is 5.66. The number of hydrogen-bond donors (Lipinski definition) is 1. The summed E-state index contributed by atoms with van der Waals surface area (Å²) in [7, 11) is 0. The van der Waals surface area contributed by atoms with E-state index in [1.165, 1.54) is 6.42 Å². The van der Waals surface area contributed by atoms with E-state index in [4.69, 9.17) is 5.26 Å². The fraction of sp³-hybridized carbons (Fsp3) is 0.364. The van der Waals surface area contributed by atoms with Crippen LogP contribution in [-0.2, 0) is 0 Å². The molecule has 74 valence electrons. The summed E-state index contributed by atoms with van der Waals surface area (Å²) >= 11 is 3.37. The third-order valence-corrected chi connectivity index (χ3v) is 2.34. The lowest BCUT2D eigenvalue weighted by Gasteiger charge is -2.06. The van der Waals surface area contributed by atoms with Gasteiger partial charge in [0.15, 0.2) is 0 Å². The Morgan fingerprint density at radius 3 is 2.86 bits per heavy atom. The van der Waals surface area contributed by atoms with Gasteiger partial charge in [0.05, 0.1) is 11.6 Å². The lowest BCUT2D eigenvalue weighted by Crippen LogP contribution is -2.00. The number of nitrogens with one attached hydrogen (secondary N) is 1. The van der Waals surface area contributed by atoms with Crippen LogP contribution in [-0.4, -0.2) is 6.54 Å². The fourth-order valence-electron chi connectivity index (χ4n) is 1.17. The zero-order valence-corrected chi connectivity index (χ0v) is 9.76. The number of rotatable bonds is 4. The normalized spacial score (nSPS) is 9.50. The molecular weight excluding hydrogens is 240 g/mol. The highest BCUT2D eigenvalue weighted by molar-refractivity contribution is 9.10. The van der Waals surface area contributed by atoms with Crippen LogP contribution in [0, 0.1) is 11.3 Å². The molecule has 1 rings (SSSR count). The van der Waals surface area contributed by atoms with Crippen molar-refractivity contribution in [2.45, 2.75) is 19.8 Å². The first-order valence-electron chi connectivity index (χ1n) is 4.71. The van der Waals surface area contributed by atoms with Gasteiger partial charge in [-0.05, 0) is 24.6 Å². The molecule has 1 aromatic carbocycles. The minimum atomic E-state index is 0.679. The van der Waals surface area contributed by atoms with Crippen molar-refractivity contribution >= 4 is 21.6 Å². The van der Waals surface area contributed by atoms with Crippen LogP contribution in [0.3, 0.4) is 0 Å². The van der Waals surface area contributed by atoms with Crippen molar-refractivity contribution in [1.82, 2.24) is 0 Å². The average molecular weight is 253 g/mol. The Balaban J connectivity index is 2.68. The van der Waals surface area contributed by atoms with E-state index in [-0.39, 0.29) is 0 Å². The van der Waals surface area contributed by atoms with Gasteiger partial charge in [-0.3, -0.25) is 0 Å². The number of nitriles is 1. The molecule has 0 aliphatic rings. The molecule has 0 aliphatic heterocycles. The molecular formula is C11H13BrN2. The van der Waals surface area contributed by atoms with Crippen LogP contribution in [0.1, 0.15) is 25.3 Å². The molecule has 0 spiro atoms. The quantitative estimate of drug-likeness (QED) is 0.833. The lowest BCUT2D eigenvalue weighted by atomic mass is 10.2. The molecule has 0 atom stereocenters. The van der Waals surface area contributed by atoms with Crippen molar-refractivity contribution in [3.8, 4) is 6.07 Å². The first-order chi connectivity index (χ1) is 6.76. The molecule has 2 nitrogen and oxygen atoms in total. The van der Waals surface area contributed by atoms with Gasteiger partial charge in [-0.2, -0.15) is 5.26 Å². The van der Waals surface area contributed by atoms with E-state index in [9.17, 15) is 0 Å². The van der Waals surface area contributed by atoms with Crippen LogP contribution >= 0.6 is 15.9 Å². The number of anilines is 1. The first-order valence-corrected chi connectivity index (χ1v) is 5.50. The Bertz CT molecular complexity index is 342. The van der Waals surface area contributed by atoms with E-state index < -0.39 is 0 Å². The molecule has 0 bridgehead atoms. The monoisotopic (exact) mass is 252 g/mol. The van der Waals surface area contributed by atoms with Crippen LogP contribution in [0.2, 0.25) is 0 Å². The van der Waals surface area contributed by atoms with Gasteiger partial charge >= 0.3 is 0 Å². The van der Waals surface area contributed by atoms with E-state index in [0.29, 0.717) is 5.56 Å². The number of halogens is 1. The lowest BCUT2D eigenvalue weighted by molar-refractivity contribution is 0.834. The number of hydrogen-bond acceptors (Lipinski definition) is 2. The van der Waals surface area contributed by atoms with Crippen molar-refractivity contribution in [3.63, 3.8) is 0 Å². The standard InChI is InChI=1S/C11H13BrN2/c1-2-3-4-14-11-6-9(8-13)5-10(12)7-11/h5-7,14H,2-4H2,1H3. The maximum Gasteiger partial charge on any atom is 0.0992 e. The molecule has 0 heterocycles. The second-order valence-corrected chi connectivity index (χ2v) is 4.04. The van der Waals surface area contributed by atoms with Crippen LogP contribution in [0.25, 0.3) is 0 Å². The SMILES string of the molecule is CCCCNc1cc(Br)cc(C#N)c1. The van der Waals surface area contributed by atoms with Crippen LogP contribution in [0.15, 0.2) is 22.7 Å². The summed E-state index contributed by atoms with van der Waals surface area (Å²) in [6.07, 6.45) is 2.32. The van der Waals surface area contributed by atoms with Crippen molar-refractivity contribution in [2.24, 2.45) is 0 Å². The molecule has 1 N–H and O–H groups in total. The average Bonchev–Trinajstić information content (AvgIpc) is 2.17. The summed E-state index contributed by atoms with van der Waals surface area (Å²) in [6.45, 7) is 3.11. The van der Waals surface area contributed by atoms with Crippen LogP contribution in [0.5, 0.6) is 0 Å². The highest BCUT2D eigenvalue weighted by Gasteiger charge is 1.97. The van der Waals surface area contributed by atoms with Crippen molar-refractivity contribution in [2.75, 3.05) is 11.9 Å². The highest BCUT2D eigenvalue weighted by atomic mass is 79.9. The Morgan fingerprint density at radius 1 is 1.43 bits per heavy atom. The molecule has 0 unspecified atom stereocenters. The molecule has 0 aromatic heterocycles. The molecule has 0 amide bonds. The van der Waals surface area contributed by atoms with Gasteiger partial charge in [0.25, 0.3) is 0 Å². The van der Waals surface area contributed by atoms with Gasteiger partial charge in [-0.15, -0.1) is 0 Å². The maximum atomic E-state index is 8.76. The van der Waals surface area contributed by atoms with Gasteiger partial charge in [0.2, 0.25) is 0 Å². The van der Waals surface area contributed by atoms with E-state index in [1.54, 1.807) is 0 Å². The zero-order valence-electron chi connectivity index (χ0n) is 8.18. The van der Waals surface area contributed by atoms with Crippen LogP contribution < -0.4 is 5.32 Å². The van der Waals surface area contributed by atoms with Crippen molar-refractivity contribution in [3.05, 3.63) is 28.2 Å². The minimum absolute atomic E-state index is 0.679. The Morgan fingerprint density at radius 2 is 2.21 bits per heavy atom. The third kappa shape index (κ3) is 3.39. The summed E-state index contributed by atoms with van der Waals surface area (Å²) in [6, 6.07) is 7.78. The number of benzene rings is 1. The predicted octanol–water partition coefficient (Wildman–Crippen LogP) is 3.53. The summed E-state index contributed by atoms with van der Waals surface area (Å²) in [5, 5.41) is 12.0. The first kappa shape index (κ1) is 11.1. The molecule has 0 aliphatic carbocycles. The summed E-state index contributed by atoms with van der Waals surface area (Å²) < 4.78 is 0.940. The van der Waals surface area contributed by atoms with Gasteiger partial charge in [-0.25, -0.2) is 0 Å². The van der Waals surface area contributed by atoms with Gasteiger partial charge in [0.1, 0.15) is 0 Å². The summed E-state index contributed by atoms with van der Waals surface area (Å²) in [5.74, 6) is 0. The molecule has 0 saturated carbocycles. The Hall–Kier alpha value is -1.01. The van der Waals surface area contributed by atoms with Crippen molar-refractivity contribution < 1.29 is 0 Å². The summed E-state index contributed by atoms with van der Waals surface area (Å²) in [5.41, 5.74) is 1.68. The molecule has 3 heteroatoms. The smallest absolute Gasteiger partial charge is 0.0992 e. The minimum Gasteiger partial charge on any atom is -0.385 e. The third-order valence-electron chi connectivity index (χ3n) is 1.89. The highest BCUT2D eigenvalue weighted by Crippen LogP contribution is 2.19. The molecule has 0 radical (unpaired) electrons. The Kier molecular flexibility index (Phi) is 4.48. The number of nitrogens with zero attached hydrogens (tertiary/aromatic N) is 1. The van der Waals surface area contributed by atoms with Crippen LogP contribution in [0.4, 0.5) is 5.69 Å². The molecule has 14 heavy (non-hydrogen) atoms. The largest absolute Gasteiger partial charge is 0.385 e. The van der Waals surface area contributed by atoms with E-state index in [0.717, 1.165) is 23.1 Å². The number of unbranched alkanes of at least 4 members (excludes halogenated alkanes) is 1. The van der Waals surface area contributed by atoms with Gasteiger partial charge < -0.3 is 5.32 Å². The van der Waals surface area contributed by atoms with Gasteiger partial charge in [0, 0.05) is 16.7 Å². The molecule has 0 fully saturated rings. The maximum absolute atomic E-state index is 8.76. The zero-order chi connectivity index (χ0) is 10.4.